The van der Waals surface area contributed by atoms with Crippen LogP contribution in [0.5, 0.6) is 0 Å². The SMILES string of the molecule is FC(F)(F)c1cccc(C(c2ccsc2)N2CCNCC2)c1. The number of thiophene rings is 1. The summed E-state index contributed by atoms with van der Waals surface area (Å²) in [6, 6.07) is 7.59. The van der Waals surface area contributed by atoms with Gasteiger partial charge in [-0.1, -0.05) is 12.1 Å². The Kier molecular flexibility index (Phi) is 4.52. The van der Waals surface area contributed by atoms with Crippen molar-refractivity contribution < 1.29 is 13.2 Å². The molecule has 2 aromatic rings. The van der Waals surface area contributed by atoms with Gasteiger partial charge in [0.25, 0.3) is 0 Å². The second kappa shape index (κ2) is 6.40. The molecule has 6 heteroatoms. The van der Waals surface area contributed by atoms with Crippen molar-refractivity contribution in [1.82, 2.24) is 10.2 Å². The fraction of sp³-hybridized carbons (Fsp3) is 0.375. The summed E-state index contributed by atoms with van der Waals surface area (Å²) in [6.45, 7) is 3.38. The van der Waals surface area contributed by atoms with Gasteiger partial charge in [-0.3, -0.25) is 4.90 Å². The van der Waals surface area contributed by atoms with E-state index in [2.05, 4.69) is 10.2 Å². The fourth-order valence-corrected chi connectivity index (χ4v) is 3.55. The first-order valence-corrected chi connectivity index (χ1v) is 8.14. The predicted molar refractivity (Wildman–Crippen MR) is 82.0 cm³/mol. The monoisotopic (exact) mass is 326 g/mol. The molecule has 0 amide bonds. The maximum Gasteiger partial charge on any atom is 0.416 e. The van der Waals surface area contributed by atoms with Gasteiger partial charge in [-0.25, -0.2) is 0 Å². The first-order chi connectivity index (χ1) is 10.6. The largest absolute Gasteiger partial charge is 0.416 e. The van der Waals surface area contributed by atoms with Gasteiger partial charge < -0.3 is 5.32 Å². The lowest BCUT2D eigenvalue weighted by molar-refractivity contribution is -0.137. The second-order valence-corrected chi connectivity index (χ2v) is 6.15. The molecule has 1 aliphatic rings. The number of nitrogens with one attached hydrogen (secondary N) is 1. The third-order valence-electron chi connectivity index (χ3n) is 3.91. The average molecular weight is 326 g/mol. The Morgan fingerprint density at radius 1 is 1.09 bits per heavy atom. The smallest absolute Gasteiger partial charge is 0.314 e. The summed E-state index contributed by atoms with van der Waals surface area (Å²) < 4.78 is 39.0. The summed E-state index contributed by atoms with van der Waals surface area (Å²) in [5.74, 6) is 0. The van der Waals surface area contributed by atoms with Crippen molar-refractivity contribution in [3.8, 4) is 0 Å². The Morgan fingerprint density at radius 2 is 1.86 bits per heavy atom. The Labute approximate surface area is 131 Å². The first kappa shape index (κ1) is 15.5. The van der Waals surface area contributed by atoms with E-state index in [1.807, 2.05) is 16.8 Å². The summed E-state index contributed by atoms with van der Waals surface area (Å²) in [5, 5.41) is 7.27. The van der Waals surface area contributed by atoms with Crippen LogP contribution in [-0.2, 0) is 6.18 Å². The van der Waals surface area contributed by atoms with Crippen molar-refractivity contribution in [3.63, 3.8) is 0 Å². The molecule has 2 heterocycles. The van der Waals surface area contributed by atoms with E-state index in [9.17, 15) is 13.2 Å². The molecule has 1 aromatic heterocycles. The van der Waals surface area contributed by atoms with Crippen LogP contribution >= 0.6 is 11.3 Å². The van der Waals surface area contributed by atoms with E-state index >= 15 is 0 Å². The molecular formula is C16H17F3N2S. The zero-order chi connectivity index (χ0) is 15.6. The van der Waals surface area contributed by atoms with E-state index < -0.39 is 11.7 Å². The fourth-order valence-electron chi connectivity index (χ4n) is 2.87. The quantitative estimate of drug-likeness (QED) is 0.924. The molecule has 1 aromatic carbocycles. The molecule has 1 aliphatic heterocycles. The topological polar surface area (TPSA) is 15.3 Å². The lowest BCUT2D eigenvalue weighted by atomic mass is 9.97. The lowest BCUT2D eigenvalue weighted by Gasteiger charge is -2.35. The zero-order valence-electron chi connectivity index (χ0n) is 11.9. The van der Waals surface area contributed by atoms with Crippen LogP contribution in [0.15, 0.2) is 41.1 Å². The van der Waals surface area contributed by atoms with Crippen molar-refractivity contribution in [3.05, 3.63) is 57.8 Å². The van der Waals surface area contributed by atoms with Crippen LogP contribution in [-0.4, -0.2) is 31.1 Å². The molecule has 0 spiro atoms. The van der Waals surface area contributed by atoms with E-state index in [-0.39, 0.29) is 6.04 Å². The standard InChI is InChI=1S/C16H17F3N2S/c17-16(18,19)14-3-1-2-12(10-14)15(13-4-9-22-11-13)21-7-5-20-6-8-21/h1-4,9-11,15,20H,5-8H2. The highest BCUT2D eigenvalue weighted by Gasteiger charge is 2.32. The van der Waals surface area contributed by atoms with Gasteiger partial charge in [0.2, 0.25) is 0 Å². The third kappa shape index (κ3) is 3.34. The first-order valence-electron chi connectivity index (χ1n) is 7.20. The molecule has 118 valence electrons. The molecule has 1 unspecified atom stereocenters. The van der Waals surface area contributed by atoms with Gasteiger partial charge >= 0.3 is 6.18 Å². The van der Waals surface area contributed by atoms with Gasteiger partial charge in [0.05, 0.1) is 11.6 Å². The Balaban J connectivity index is 1.99. The molecule has 22 heavy (non-hydrogen) atoms. The molecule has 3 rings (SSSR count). The number of halogens is 3. The Hall–Kier alpha value is -1.37. The average Bonchev–Trinajstić information content (AvgIpc) is 3.02. The van der Waals surface area contributed by atoms with Crippen LogP contribution in [0.3, 0.4) is 0 Å². The van der Waals surface area contributed by atoms with Crippen LogP contribution < -0.4 is 5.32 Å². The molecule has 1 N–H and O–H groups in total. The molecule has 1 atom stereocenters. The summed E-state index contributed by atoms with van der Waals surface area (Å²) in [5.41, 5.74) is 1.18. The van der Waals surface area contributed by atoms with Crippen molar-refractivity contribution in [2.45, 2.75) is 12.2 Å². The van der Waals surface area contributed by atoms with Crippen LogP contribution in [0, 0.1) is 0 Å². The molecule has 0 bridgehead atoms. The van der Waals surface area contributed by atoms with Crippen molar-refractivity contribution in [2.75, 3.05) is 26.2 Å². The molecule has 0 aliphatic carbocycles. The minimum Gasteiger partial charge on any atom is -0.314 e. The van der Waals surface area contributed by atoms with Crippen molar-refractivity contribution >= 4 is 11.3 Å². The van der Waals surface area contributed by atoms with Gasteiger partial charge in [-0.05, 0) is 40.1 Å². The maximum atomic E-state index is 13.0. The van der Waals surface area contributed by atoms with E-state index in [0.717, 1.165) is 37.8 Å². The molecule has 1 fully saturated rings. The highest BCUT2D eigenvalue weighted by atomic mass is 32.1. The predicted octanol–water partition coefficient (Wildman–Crippen LogP) is 3.76. The molecule has 2 nitrogen and oxygen atoms in total. The normalized spacial score (nSPS) is 18.3. The lowest BCUT2D eigenvalue weighted by Crippen LogP contribution is -2.45. The number of piperazine rings is 1. The zero-order valence-corrected chi connectivity index (χ0v) is 12.8. The van der Waals surface area contributed by atoms with Gasteiger partial charge in [0, 0.05) is 26.2 Å². The van der Waals surface area contributed by atoms with E-state index in [0.29, 0.717) is 5.56 Å². The Bertz CT molecular complexity index is 604. The summed E-state index contributed by atoms with van der Waals surface area (Å²) in [7, 11) is 0. The van der Waals surface area contributed by atoms with Gasteiger partial charge in [-0.15, -0.1) is 0 Å². The van der Waals surface area contributed by atoms with Gasteiger partial charge in [0.15, 0.2) is 0 Å². The summed E-state index contributed by atoms with van der Waals surface area (Å²) in [6.07, 6.45) is -4.31. The van der Waals surface area contributed by atoms with E-state index in [4.69, 9.17) is 0 Å². The van der Waals surface area contributed by atoms with E-state index in [1.54, 1.807) is 17.4 Å². The molecular weight excluding hydrogens is 309 g/mol. The molecule has 0 radical (unpaired) electrons. The number of hydrogen-bond acceptors (Lipinski definition) is 3. The number of alkyl halides is 3. The van der Waals surface area contributed by atoms with Gasteiger partial charge in [0.1, 0.15) is 0 Å². The summed E-state index contributed by atoms with van der Waals surface area (Å²) >= 11 is 1.57. The van der Waals surface area contributed by atoms with Crippen LogP contribution in [0.4, 0.5) is 13.2 Å². The number of benzene rings is 1. The van der Waals surface area contributed by atoms with Crippen LogP contribution in [0.2, 0.25) is 0 Å². The summed E-state index contributed by atoms with van der Waals surface area (Å²) in [4.78, 5) is 2.24. The molecule has 1 saturated heterocycles. The highest BCUT2D eigenvalue weighted by Crippen LogP contribution is 2.35. The maximum absolute atomic E-state index is 13.0. The van der Waals surface area contributed by atoms with E-state index in [1.165, 1.54) is 12.1 Å². The minimum atomic E-state index is -4.31. The number of hydrogen-bond donors (Lipinski definition) is 1. The van der Waals surface area contributed by atoms with Crippen molar-refractivity contribution in [1.29, 1.82) is 0 Å². The third-order valence-corrected chi connectivity index (χ3v) is 4.61. The second-order valence-electron chi connectivity index (χ2n) is 5.37. The Morgan fingerprint density at radius 3 is 2.50 bits per heavy atom. The van der Waals surface area contributed by atoms with Crippen LogP contribution in [0.1, 0.15) is 22.7 Å². The number of rotatable bonds is 3. The van der Waals surface area contributed by atoms with Gasteiger partial charge in [-0.2, -0.15) is 24.5 Å². The molecule has 0 saturated carbocycles. The van der Waals surface area contributed by atoms with Crippen molar-refractivity contribution in [2.24, 2.45) is 0 Å². The number of nitrogens with zero attached hydrogens (tertiary/aromatic N) is 1. The van der Waals surface area contributed by atoms with Crippen LogP contribution in [0.25, 0.3) is 0 Å². The minimum absolute atomic E-state index is 0.115. The highest BCUT2D eigenvalue weighted by molar-refractivity contribution is 7.08.